The summed E-state index contributed by atoms with van der Waals surface area (Å²) in [6, 6.07) is 9.32. The highest BCUT2D eigenvalue weighted by molar-refractivity contribution is 5.65. The number of hydrogen-bond acceptors (Lipinski definition) is 5. The van der Waals surface area contributed by atoms with Gasteiger partial charge in [-0.25, -0.2) is 0 Å². The molecular weight excluding hydrogens is 322 g/mol. The molecule has 1 saturated heterocycles. The van der Waals surface area contributed by atoms with Gasteiger partial charge in [-0.3, -0.25) is 4.79 Å². The number of H-pyrrole nitrogens is 1. The maximum atomic E-state index is 13.2. The van der Waals surface area contributed by atoms with Crippen LogP contribution in [0.1, 0.15) is 26.3 Å². The molecule has 1 aromatic carbocycles. The highest BCUT2D eigenvalue weighted by Gasteiger charge is 2.68. The summed E-state index contributed by atoms with van der Waals surface area (Å²) in [7, 11) is 0. The number of ether oxygens (including phenoxy) is 2. The van der Waals surface area contributed by atoms with Crippen LogP contribution < -0.4 is 10.2 Å². The quantitative estimate of drug-likeness (QED) is 0.769. The first-order chi connectivity index (χ1) is 11.8. The molecule has 2 aliphatic heterocycles. The lowest BCUT2D eigenvalue weighted by atomic mass is 9.74. The number of pyridine rings is 1. The molecule has 0 radical (unpaired) electrons. The topological polar surface area (TPSA) is 91.8 Å². The summed E-state index contributed by atoms with van der Waals surface area (Å²) in [6.45, 7) is 5.01. The second-order valence-electron chi connectivity index (χ2n) is 7.21. The van der Waals surface area contributed by atoms with Crippen molar-refractivity contribution in [3.05, 3.63) is 52.3 Å². The van der Waals surface area contributed by atoms with E-state index in [1.807, 2.05) is 30.3 Å². The Morgan fingerprint density at radius 3 is 2.56 bits per heavy atom. The van der Waals surface area contributed by atoms with Crippen LogP contribution in [0, 0.1) is 0 Å². The number of aliphatic hydroxyl groups is 2. The van der Waals surface area contributed by atoms with Gasteiger partial charge < -0.3 is 24.7 Å². The molecule has 0 unspecified atom stereocenters. The molecule has 2 aromatic rings. The predicted molar refractivity (Wildman–Crippen MR) is 91.4 cm³/mol. The summed E-state index contributed by atoms with van der Waals surface area (Å²) in [4.78, 5) is 16.2. The molecule has 5 atom stereocenters. The Morgan fingerprint density at radius 2 is 1.92 bits per heavy atom. The van der Waals surface area contributed by atoms with E-state index in [1.54, 1.807) is 27.0 Å². The first kappa shape index (κ1) is 16.3. The third-order valence-electron chi connectivity index (χ3n) is 5.68. The largest absolute Gasteiger partial charge is 0.471 e. The molecule has 25 heavy (non-hydrogen) atoms. The second-order valence-corrected chi connectivity index (χ2v) is 7.21. The van der Waals surface area contributed by atoms with E-state index < -0.39 is 29.5 Å². The molecular formula is C19H21NO5. The Balaban J connectivity index is 1.91. The number of aromatic amines is 1. The fourth-order valence-corrected chi connectivity index (χ4v) is 4.01. The lowest BCUT2D eigenvalue weighted by Crippen LogP contribution is -2.52. The summed E-state index contributed by atoms with van der Waals surface area (Å²) in [5, 5.41) is 20.8. The van der Waals surface area contributed by atoms with Crippen molar-refractivity contribution in [3.63, 3.8) is 0 Å². The van der Waals surface area contributed by atoms with E-state index in [0.29, 0.717) is 17.0 Å². The van der Waals surface area contributed by atoms with Crippen molar-refractivity contribution in [1.29, 1.82) is 0 Å². The Morgan fingerprint density at radius 1 is 1.24 bits per heavy atom. The van der Waals surface area contributed by atoms with Gasteiger partial charge in [-0.05, 0) is 26.3 Å². The van der Waals surface area contributed by atoms with Gasteiger partial charge in [-0.15, -0.1) is 0 Å². The third-order valence-corrected chi connectivity index (χ3v) is 5.68. The zero-order valence-corrected chi connectivity index (χ0v) is 14.3. The molecule has 3 N–H and O–H groups in total. The van der Waals surface area contributed by atoms with Gasteiger partial charge in [0.1, 0.15) is 11.7 Å². The highest BCUT2D eigenvalue weighted by atomic mass is 16.7. The zero-order chi connectivity index (χ0) is 18.0. The molecule has 4 rings (SSSR count). The smallest absolute Gasteiger partial charge is 0.199 e. The summed E-state index contributed by atoms with van der Waals surface area (Å²) in [6.07, 6.45) is -1.20. The number of aliphatic hydroxyl groups excluding tert-OH is 2. The number of hydrogen-bond donors (Lipinski definition) is 3. The fourth-order valence-electron chi connectivity index (χ4n) is 4.01. The van der Waals surface area contributed by atoms with Crippen LogP contribution in [0.2, 0.25) is 0 Å². The molecule has 0 amide bonds. The Kier molecular flexibility index (Phi) is 3.38. The van der Waals surface area contributed by atoms with Crippen LogP contribution in [-0.4, -0.2) is 39.3 Å². The zero-order valence-electron chi connectivity index (χ0n) is 14.3. The first-order valence-electron chi connectivity index (χ1n) is 8.32. The number of aromatic nitrogens is 1. The SMILES string of the molecule is C[C@H](O)[C@]1(C)O[C@H](O)[C@]2(C)c3c([nH]cc(-c4ccccc4)c3=O)O[C@@H]12. The number of fused-ring (bicyclic) bond motifs is 3. The van der Waals surface area contributed by atoms with Crippen LogP contribution in [0.3, 0.4) is 0 Å². The van der Waals surface area contributed by atoms with Crippen molar-refractivity contribution in [1.82, 2.24) is 4.98 Å². The first-order valence-corrected chi connectivity index (χ1v) is 8.32. The van der Waals surface area contributed by atoms with E-state index >= 15 is 0 Å². The van der Waals surface area contributed by atoms with Crippen LogP contribution in [0.25, 0.3) is 11.1 Å². The summed E-state index contributed by atoms with van der Waals surface area (Å²) < 4.78 is 11.6. The molecule has 0 aliphatic carbocycles. The van der Waals surface area contributed by atoms with Gasteiger partial charge in [-0.2, -0.15) is 0 Å². The van der Waals surface area contributed by atoms with E-state index in [2.05, 4.69) is 4.98 Å². The highest BCUT2D eigenvalue weighted by Crippen LogP contribution is 2.54. The maximum Gasteiger partial charge on any atom is 0.199 e. The molecule has 1 aromatic heterocycles. The van der Waals surface area contributed by atoms with Crippen molar-refractivity contribution >= 4 is 0 Å². The molecule has 0 spiro atoms. The van der Waals surface area contributed by atoms with Crippen LogP contribution in [0.5, 0.6) is 5.88 Å². The van der Waals surface area contributed by atoms with Gasteiger partial charge in [0.2, 0.25) is 0 Å². The third kappa shape index (κ3) is 1.99. The average molecular weight is 343 g/mol. The second kappa shape index (κ2) is 5.17. The van der Waals surface area contributed by atoms with Crippen LogP contribution in [0.15, 0.2) is 41.3 Å². The molecule has 6 nitrogen and oxygen atoms in total. The van der Waals surface area contributed by atoms with E-state index in [1.165, 1.54) is 0 Å². The summed E-state index contributed by atoms with van der Waals surface area (Å²) >= 11 is 0. The molecule has 0 saturated carbocycles. The minimum absolute atomic E-state index is 0.206. The molecule has 1 fully saturated rings. The van der Waals surface area contributed by atoms with E-state index in [4.69, 9.17) is 9.47 Å². The lowest BCUT2D eigenvalue weighted by molar-refractivity contribution is -0.184. The summed E-state index contributed by atoms with van der Waals surface area (Å²) in [5.41, 5.74) is -0.758. The monoisotopic (exact) mass is 343 g/mol. The van der Waals surface area contributed by atoms with Gasteiger partial charge in [0, 0.05) is 11.8 Å². The normalized spacial score (nSPS) is 34.3. The van der Waals surface area contributed by atoms with Gasteiger partial charge in [0.25, 0.3) is 0 Å². The van der Waals surface area contributed by atoms with Crippen molar-refractivity contribution in [2.75, 3.05) is 0 Å². The Hall–Kier alpha value is -2.15. The molecule has 2 aliphatic rings. The van der Waals surface area contributed by atoms with Crippen LogP contribution >= 0.6 is 0 Å². The van der Waals surface area contributed by atoms with Crippen LogP contribution in [-0.2, 0) is 10.2 Å². The molecule has 6 heteroatoms. The van der Waals surface area contributed by atoms with Gasteiger partial charge in [0.05, 0.1) is 17.1 Å². The molecule has 0 bridgehead atoms. The van der Waals surface area contributed by atoms with E-state index in [9.17, 15) is 15.0 Å². The van der Waals surface area contributed by atoms with Crippen molar-refractivity contribution in [2.24, 2.45) is 0 Å². The Bertz CT molecular complexity index is 877. The average Bonchev–Trinajstić information content (AvgIpc) is 3.00. The predicted octanol–water partition coefficient (Wildman–Crippen LogP) is 1.55. The number of nitrogens with one attached hydrogen (secondary N) is 1. The summed E-state index contributed by atoms with van der Waals surface area (Å²) in [5.74, 6) is 0.325. The van der Waals surface area contributed by atoms with Gasteiger partial charge in [-0.1, -0.05) is 30.3 Å². The fraction of sp³-hybridized carbons (Fsp3) is 0.421. The van der Waals surface area contributed by atoms with Gasteiger partial charge in [0.15, 0.2) is 17.6 Å². The standard InChI is InChI=1S/C19H21NO5/c1-10(21)19(3)16-18(2,17(23)25-19)13-14(22)12(9-20-15(13)24-16)11-7-5-4-6-8-11/h4-10,16-17,21,23H,1-3H3,(H,20,22)/t10-,16+,17-,18+,19-/m0/s1. The molecule has 132 valence electrons. The van der Waals surface area contributed by atoms with Crippen molar-refractivity contribution < 1.29 is 19.7 Å². The Labute approximate surface area is 145 Å². The number of rotatable bonds is 2. The maximum absolute atomic E-state index is 13.2. The van der Waals surface area contributed by atoms with Crippen molar-refractivity contribution in [3.8, 4) is 17.0 Å². The minimum atomic E-state index is -1.26. The van der Waals surface area contributed by atoms with Crippen molar-refractivity contribution in [2.45, 2.75) is 50.3 Å². The van der Waals surface area contributed by atoms with E-state index in [-0.39, 0.29) is 5.43 Å². The lowest BCUT2D eigenvalue weighted by Gasteiger charge is -2.32. The van der Waals surface area contributed by atoms with Crippen LogP contribution in [0.4, 0.5) is 0 Å². The van der Waals surface area contributed by atoms with Gasteiger partial charge >= 0.3 is 0 Å². The minimum Gasteiger partial charge on any atom is -0.471 e. The number of benzene rings is 1. The van der Waals surface area contributed by atoms with E-state index in [0.717, 1.165) is 5.56 Å². The molecule has 3 heterocycles.